The molecule has 0 fully saturated rings. The smallest absolute Gasteiger partial charge is 0.0468 e. The van der Waals surface area contributed by atoms with Crippen molar-refractivity contribution in [3.63, 3.8) is 0 Å². The largest absolute Gasteiger partial charge is 0.310 e. The maximum Gasteiger partial charge on any atom is 0.0468 e. The topological polar surface area (TPSA) is 16.1 Å². The van der Waals surface area contributed by atoms with Crippen LogP contribution in [0.4, 0.5) is 17.1 Å². The molecule has 0 radical (unpaired) electrons. The first-order valence-electron chi connectivity index (χ1n) is 16.3. The van der Waals surface area contributed by atoms with Crippen molar-refractivity contribution in [2.75, 3.05) is 4.90 Å². The van der Waals surface area contributed by atoms with Crippen molar-refractivity contribution in [3.8, 4) is 44.5 Å². The number of anilines is 3. The van der Waals surface area contributed by atoms with Gasteiger partial charge in [-0.15, -0.1) is 11.3 Å². The molecule has 48 heavy (non-hydrogen) atoms. The number of pyridine rings is 1. The third kappa shape index (κ3) is 4.29. The first kappa shape index (κ1) is 27.1. The zero-order valence-corrected chi connectivity index (χ0v) is 26.8. The minimum Gasteiger partial charge on any atom is -0.310 e. The minimum absolute atomic E-state index is 1.11. The van der Waals surface area contributed by atoms with Crippen molar-refractivity contribution in [2.24, 2.45) is 0 Å². The van der Waals surface area contributed by atoms with Gasteiger partial charge in [0.1, 0.15) is 0 Å². The van der Waals surface area contributed by atoms with Crippen LogP contribution in [0.3, 0.4) is 0 Å². The highest BCUT2D eigenvalue weighted by atomic mass is 32.1. The molecular weight excluding hydrogens is 601 g/mol. The maximum atomic E-state index is 4.45. The minimum atomic E-state index is 1.11. The molecular formula is C45H28N2S. The third-order valence-corrected chi connectivity index (χ3v) is 10.8. The second-order valence-electron chi connectivity index (χ2n) is 12.4. The van der Waals surface area contributed by atoms with E-state index in [1.807, 2.05) is 23.7 Å². The third-order valence-electron chi connectivity index (χ3n) is 9.69. The van der Waals surface area contributed by atoms with Crippen LogP contribution in [0, 0.1) is 0 Å². The Bertz CT molecular complexity index is 2670. The summed E-state index contributed by atoms with van der Waals surface area (Å²) in [6.45, 7) is 0. The Balaban J connectivity index is 1.09. The predicted octanol–water partition coefficient (Wildman–Crippen LogP) is 13.1. The van der Waals surface area contributed by atoms with Crippen molar-refractivity contribution in [1.82, 2.24) is 4.98 Å². The van der Waals surface area contributed by atoms with Gasteiger partial charge in [-0.25, -0.2) is 0 Å². The molecule has 0 saturated heterocycles. The standard InChI is InChI=1S/C45H28N2S/c1-2-7-29(8-3-1)32-11-4-12-35(25-32)47(36-20-22-43-41(27-36)42-28-46-24-23-44(42)48-43)34-18-15-30(16-19-34)33-17-21-37-38-13-5-9-31-10-6-14-39(45(31)38)40(37)26-33/h1-28H. The summed E-state index contributed by atoms with van der Waals surface area (Å²) in [4.78, 5) is 6.82. The molecule has 224 valence electrons. The van der Waals surface area contributed by atoms with Crippen molar-refractivity contribution in [3.05, 3.63) is 170 Å². The Hall–Kier alpha value is -6.03. The van der Waals surface area contributed by atoms with E-state index in [4.69, 9.17) is 0 Å². The monoisotopic (exact) mass is 628 g/mol. The molecule has 0 aliphatic heterocycles. The summed E-state index contributed by atoms with van der Waals surface area (Å²) in [6.07, 6.45) is 3.87. The molecule has 1 aliphatic rings. The summed E-state index contributed by atoms with van der Waals surface area (Å²) in [5.41, 5.74) is 13.5. The number of fused-ring (bicyclic) bond motifs is 6. The molecule has 2 aromatic heterocycles. The second-order valence-corrected chi connectivity index (χ2v) is 13.5. The lowest BCUT2D eigenvalue weighted by Gasteiger charge is -2.26. The molecule has 0 N–H and O–H groups in total. The van der Waals surface area contributed by atoms with E-state index < -0.39 is 0 Å². The Morgan fingerprint density at radius 1 is 0.417 bits per heavy atom. The van der Waals surface area contributed by atoms with E-state index in [1.165, 1.54) is 75.5 Å². The van der Waals surface area contributed by atoms with E-state index in [0.717, 1.165) is 17.1 Å². The van der Waals surface area contributed by atoms with E-state index in [-0.39, 0.29) is 0 Å². The summed E-state index contributed by atoms with van der Waals surface area (Å²) in [5.74, 6) is 0. The maximum absolute atomic E-state index is 4.45. The first-order valence-corrected chi connectivity index (χ1v) is 17.1. The number of rotatable bonds is 5. The van der Waals surface area contributed by atoms with Crippen LogP contribution in [-0.2, 0) is 0 Å². The molecule has 3 heteroatoms. The van der Waals surface area contributed by atoms with Crippen LogP contribution in [0.15, 0.2) is 170 Å². The molecule has 0 bridgehead atoms. The zero-order valence-electron chi connectivity index (χ0n) is 26.0. The summed E-state index contributed by atoms with van der Waals surface area (Å²) in [6, 6.07) is 57.6. The predicted molar refractivity (Wildman–Crippen MR) is 205 cm³/mol. The number of benzene rings is 7. The van der Waals surface area contributed by atoms with Gasteiger partial charge in [0.25, 0.3) is 0 Å². The molecule has 0 atom stereocenters. The number of thiophene rings is 1. The van der Waals surface area contributed by atoms with E-state index in [1.54, 1.807) is 0 Å². The molecule has 2 heterocycles. The van der Waals surface area contributed by atoms with Gasteiger partial charge in [-0.1, -0.05) is 103 Å². The number of hydrogen-bond donors (Lipinski definition) is 0. The van der Waals surface area contributed by atoms with Crippen LogP contribution in [-0.4, -0.2) is 4.98 Å². The molecule has 0 saturated carbocycles. The van der Waals surface area contributed by atoms with Gasteiger partial charge in [0.2, 0.25) is 0 Å². The lowest BCUT2D eigenvalue weighted by molar-refractivity contribution is 1.29. The summed E-state index contributed by atoms with van der Waals surface area (Å²) in [5, 5.41) is 5.09. The Morgan fingerprint density at radius 2 is 1.08 bits per heavy atom. The van der Waals surface area contributed by atoms with Crippen LogP contribution in [0.25, 0.3) is 75.5 Å². The van der Waals surface area contributed by atoms with E-state index in [0.29, 0.717) is 0 Å². The molecule has 9 aromatic rings. The van der Waals surface area contributed by atoms with Gasteiger partial charge in [0.15, 0.2) is 0 Å². The zero-order chi connectivity index (χ0) is 31.6. The summed E-state index contributed by atoms with van der Waals surface area (Å²) >= 11 is 1.82. The Labute approximate surface area is 282 Å². The van der Waals surface area contributed by atoms with E-state index in [2.05, 4.69) is 168 Å². The lowest BCUT2D eigenvalue weighted by Crippen LogP contribution is -2.10. The Morgan fingerprint density at radius 3 is 1.94 bits per heavy atom. The fourth-order valence-corrected chi connectivity index (χ4v) is 8.48. The van der Waals surface area contributed by atoms with Crippen LogP contribution in [0.2, 0.25) is 0 Å². The summed E-state index contributed by atoms with van der Waals surface area (Å²) < 4.78 is 2.53. The van der Waals surface area contributed by atoms with E-state index >= 15 is 0 Å². The van der Waals surface area contributed by atoms with Gasteiger partial charge in [-0.05, 0) is 110 Å². The number of aromatic nitrogens is 1. The van der Waals surface area contributed by atoms with Crippen molar-refractivity contribution in [1.29, 1.82) is 0 Å². The van der Waals surface area contributed by atoms with Gasteiger partial charge in [0, 0.05) is 49.6 Å². The fourth-order valence-electron chi connectivity index (χ4n) is 7.42. The molecule has 0 unspecified atom stereocenters. The number of nitrogens with zero attached hydrogens (tertiary/aromatic N) is 2. The van der Waals surface area contributed by atoms with Gasteiger partial charge in [-0.2, -0.15) is 0 Å². The molecule has 1 aliphatic carbocycles. The van der Waals surface area contributed by atoms with Crippen molar-refractivity contribution >= 4 is 59.3 Å². The summed E-state index contributed by atoms with van der Waals surface area (Å²) in [7, 11) is 0. The quantitative estimate of drug-likeness (QED) is 0.188. The van der Waals surface area contributed by atoms with Crippen molar-refractivity contribution in [2.45, 2.75) is 0 Å². The van der Waals surface area contributed by atoms with Crippen LogP contribution in [0.5, 0.6) is 0 Å². The van der Waals surface area contributed by atoms with Crippen LogP contribution >= 0.6 is 11.3 Å². The van der Waals surface area contributed by atoms with Gasteiger partial charge < -0.3 is 4.90 Å². The average Bonchev–Trinajstić information content (AvgIpc) is 3.69. The van der Waals surface area contributed by atoms with Gasteiger partial charge in [0.05, 0.1) is 0 Å². The highest BCUT2D eigenvalue weighted by Gasteiger charge is 2.22. The molecule has 0 amide bonds. The van der Waals surface area contributed by atoms with Gasteiger partial charge in [-0.3, -0.25) is 4.98 Å². The fraction of sp³-hybridized carbons (Fsp3) is 0. The second kappa shape index (κ2) is 10.8. The number of hydrogen-bond acceptors (Lipinski definition) is 3. The molecule has 7 aromatic carbocycles. The highest BCUT2D eigenvalue weighted by Crippen LogP contribution is 2.48. The van der Waals surface area contributed by atoms with Crippen LogP contribution in [0.1, 0.15) is 0 Å². The molecule has 10 rings (SSSR count). The Kier molecular flexibility index (Phi) is 6.08. The first-order chi connectivity index (χ1) is 23.8. The van der Waals surface area contributed by atoms with Crippen molar-refractivity contribution < 1.29 is 0 Å². The highest BCUT2D eigenvalue weighted by molar-refractivity contribution is 7.25. The molecule has 2 nitrogen and oxygen atoms in total. The SMILES string of the molecule is c1ccc(-c2cccc(N(c3ccc(-c4ccc5c(c4)-c4cccc6cccc-5c46)cc3)c3ccc4sc5ccncc5c4c3)c2)cc1. The average molecular weight is 629 g/mol. The van der Waals surface area contributed by atoms with Crippen LogP contribution < -0.4 is 4.90 Å². The van der Waals surface area contributed by atoms with E-state index in [9.17, 15) is 0 Å². The lowest BCUT2D eigenvalue weighted by atomic mass is 9.97. The normalized spacial score (nSPS) is 11.8. The molecule has 0 spiro atoms. The van der Waals surface area contributed by atoms with Gasteiger partial charge >= 0.3 is 0 Å².